The van der Waals surface area contributed by atoms with Crippen molar-refractivity contribution >= 4 is 15.9 Å². The number of benzene rings is 1. The van der Waals surface area contributed by atoms with Crippen molar-refractivity contribution < 1.29 is 5.11 Å². The van der Waals surface area contributed by atoms with Crippen molar-refractivity contribution in [1.82, 2.24) is 0 Å². The van der Waals surface area contributed by atoms with Crippen LogP contribution in [-0.4, -0.2) is 10.4 Å². The molecule has 1 atom stereocenters. The summed E-state index contributed by atoms with van der Waals surface area (Å²) in [5.74, 6) is 1.04. The van der Waals surface area contributed by atoms with Crippen LogP contribution >= 0.6 is 15.9 Å². The summed E-state index contributed by atoms with van der Waals surface area (Å²) in [6.07, 6.45) is 2.27. The lowest BCUT2D eigenvalue weighted by molar-refractivity contribution is 0.474. The van der Waals surface area contributed by atoms with Gasteiger partial charge in [0.2, 0.25) is 0 Å². The van der Waals surface area contributed by atoms with Crippen LogP contribution in [0.1, 0.15) is 18.9 Å². The van der Waals surface area contributed by atoms with Crippen LogP contribution in [0.3, 0.4) is 0 Å². The number of phenolic OH excluding ortho intramolecular Hbond substituents is 1. The summed E-state index contributed by atoms with van der Waals surface area (Å²) in [5, 5.41) is 10.1. The van der Waals surface area contributed by atoms with Crippen molar-refractivity contribution in [2.75, 3.05) is 5.33 Å². The zero-order valence-corrected chi connectivity index (χ0v) is 9.42. The molecule has 0 amide bonds. The Morgan fingerprint density at radius 1 is 1.31 bits per heavy atom. The van der Waals surface area contributed by atoms with Gasteiger partial charge in [0.25, 0.3) is 0 Å². The highest BCUT2D eigenvalue weighted by atomic mass is 79.9. The fraction of sp³-hybridized carbons (Fsp3) is 0.455. The molecule has 0 fully saturated rings. The zero-order chi connectivity index (χ0) is 9.68. The minimum atomic E-state index is 0.343. The van der Waals surface area contributed by atoms with Crippen LogP contribution in [0, 0.1) is 5.92 Å². The highest BCUT2D eigenvalue weighted by molar-refractivity contribution is 9.09. The number of alkyl halides is 1. The van der Waals surface area contributed by atoms with E-state index in [2.05, 4.69) is 22.9 Å². The van der Waals surface area contributed by atoms with Crippen molar-refractivity contribution in [2.24, 2.45) is 5.92 Å². The van der Waals surface area contributed by atoms with E-state index in [1.54, 1.807) is 12.1 Å². The van der Waals surface area contributed by atoms with Crippen LogP contribution in [0.15, 0.2) is 24.3 Å². The van der Waals surface area contributed by atoms with Gasteiger partial charge in [-0.2, -0.15) is 0 Å². The highest BCUT2D eigenvalue weighted by Gasteiger charge is 2.04. The van der Waals surface area contributed by atoms with Gasteiger partial charge in [-0.25, -0.2) is 0 Å². The lowest BCUT2D eigenvalue weighted by atomic mass is 9.99. The highest BCUT2D eigenvalue weighted by Crippen LogP contribution is 2.16. The van der Waals surface area contributed by atoms with Gasteiger partial charge in [-0.3, -0.25) is 0 Å². The Balaban J connectivity index is 2.58. The molecule has 1 aromatic rings. The molecule has 0 aliphatic heterocycles. The number of hydrogen-bond donors (Lipinski definition) is 1. The van der Waals surface area contributed by atoms with E-state index in [0.717, 1.165) is 11.8 Å². The summed E-state index contributed by atoms with van der Waals surface area (Å²) in [4.78, 5) is 0. The Kier molecular flexibility index (Phi) is 4.29. The Morgan fingerprint density at radius 3 is 2.38 bits per heavy atom. The van der Waals surface area contributed by atoms with Crippen molar-refractivity contribution in [3.05, 3.63) is 29.8 Å². The molecule has 13 heavy (non-hydrogen) atoms. The maximum atomic E-state index is 9.10. The summed E-state index contributed by atoms with van der Waals surface area (Å²) >= 11 is 3.50. The summed E-state index contributed by atoms with van der Waals surface area (Å²) < 4.78 is 0. The molecule has 1 nitrogen and oxygen atoms in total. The van der Waals surface area contributed by atoms with Crippen LogP contribution in [0.4, 0.5) is 0 Å². The molecule has 0 radical (unpaired) electrons. The first-order valence-corrected chi connectivity index (χ1v) is 5.72. The lowest BCUT2D eigenvalue weighted by Crippen LogP contribution is -2.04. The van der Waals surface area contributed by atoms with E-state index in [1.165, 1.54) is 12.0 Å². The van der Waals surface area contributed by atoms with Gasteiger partial charge in [0, 0.05) is 5.33 Å². The first-order chi connectivity index (χ1) is 6.26. The number of halogens is 1. The molecule has 0 bridgehead atoms. The largest absolute Gasteiger partial charge is 0.508 e. The molecule has 0 aliphatic rings. The van der Waals surface area contributed by atoms with Crippen LogP contribution in [0.5, 0.6) is 5.75 Å². The molecule has 0 aliphatic carbocycles. The number of rotatable bonds is 4. The molecule has 0 heterocycles. The van der Waals surface area contributed by atoms with Crippen molar-refractivity contribution in [3.8, 4) is 5.75 Å². The van der Waals surface area contributed by atoms with Gasteiger partial charge in [-0.1, -0.05) is 41.4 Å². The van der Waals surface area contributed by atoms with Crippen LogP contribution < -0.4 is 0 Å². The molecule has 0 aromatic heterocycles. The molecule has 0 spiro atoms. The van der Waals surface area contributed by atoms with Gasteiger partial charge >= 0.3 is 0 Å². The number of aromatic hydroxyl groups is 1. The average molecular weight is 243 g/mol. The molecular formula is C11H15BrO. The van der Waals surface area contributed by atoms with Crippen LogP contribution in [0.2, 0.25) is 0 Å². The molecule has 0 saturated carbocycles. The van der Waals surface area contributed by atoms with Gasteiger partial charge in [0.1, 0.15) is 5.75 Å². The van der Waals surface area contributed by atoms with E-state index >= 15 is 0 Å². The SMILES string of the molecule is CCC(CBr)Cc1ccc(O)cc1. The third-order valence-corrected chi connectivity index (χ3v) is 3.17. The quantitative estimate of drug-likeness (QED) is 0.804. The third kappa shape index (κ3) is 3.39. The Bertz CT molecular complexity index is 239. The summed E-state index contributed by atoms with van der Waals surface area (Å²) in [7, 11) is 0. The van der Waals surface area contributed by atoms with Gasteiger partial charge < -0.3 is 5.11 Å². The van der Waals surface area contributed by atoms with Crippen LogP contribution in [0.25, 0.3) is 0 Å². The second kappa shape index (κ2) is 5.28. The number of hydrogen-bond acceptors (Lipinski definition) is 1. The zero-order valence-electron chi connectivity index (χ0n) is 7.83. The Morgan fingerprint density at radius 2 is 1.92 bits per heavy atom. The van der Waals surface area contributed by atoms with Crippen LogP contribution in [-0.2, 0) is 6.42 Å². The third-order valence-electron chi connectivity index (χ3n) is 2.26. The summed E-state index contributed by atoms with van der Waals surface area (Å²) in [6.45, 7) is 2.20. The number of phenols is 1. The van der Waals surface area contributed by atoms with Gasteiger partial charge in [-0.05, 0) is 30.0 Å². The fourth-order valence-electron chi connectivity index (χ4n) is 1.27. The maximum Gasteiger partial charge on any atom is 0.115 e. The summed E-state index contributed by atoms with van der Waals surface area (Å²) in [5.41, 5.74) is 1.30. The van der Waals surface area contributed by atoms with Crippen molar-refractivity contribution in [2.45, 2.75) is 19.8 Å². The minimum absolute atomic E-state index is 0.343. The van der Waals surface area contributed by atoms with E-state index in [1.807, 2.05) is 12.1 Å². The normalized spacial score (nSPS) is 12.8. The Hall–Kier alpha value is -0.500. The van der Waals surface area contributed by atoms with Crippen molar-refractivity contribution in [1.29, 1.82) is 0 Å². The molecule has 2 heteroatoms. The van der Waals surface area contributed by atoms with Gasteiger partial charge in [-0.15, -0.1) is 0 Å². The topological polar surface area (TPSA) is 20.2 Å². The van der Waals surface area contributed by atoms with E-state index in [9.17, 15) is 0 Å². The van der Waals surface area contributed by atoms with E-state index in [4.69, 9.17) is 5.11 Å². The maximum absolute atomic E-state index is 9.10. The minimum Gasteiger partial charge on any atom is -0.508 e. The molecule has 1 N–H and O–H groups in total. The second-order valence-electron chi connectivity index (χ2n) is 3.30. The van der Waals surface area contributed by atoms with E-state index < -0.39 is 0 Å². The summed E-state index contributed by atoms with van der Waals surface area (Å²) in [6, 6.07) is 7.47. The first-order valence-electron chi connectivity index (χ1n) is 4.60. The smallest absolute Gasteiger partial charge is 0.115 e. The van der Waals surface area contributed by atoms with Crippen molar-refractivity contribution in [3.63, 3.8) is 0 Å². The standard InChI is InChI=1S/C11H15BrO/c1-2-9(8-12)7-10-3-5-11(13)6-4-10/h3-6,9,13H,2,7-8H2,1H3. The van der Waals surface area contributed by atoms with E-state index in [-0.39, 0.29) is 0 Å². The molecule has 1 rings (SSSR count). The Labute approximate surface area is 87.9 Å². The first kappa shape index (κ1) is 10.6. The second-order valence-corrected chi connectivity index (χ2v) is 3.95. The monoisotopic (exact) mass is 242 g/mol. The predicted molar refractivity (Wildman–Crippen MR) is 59.4 cm³/mol. The molecular weight excluding hydrogens is 228 g/mol. The van der Waals surface area contributed by atoms with Gasteiger partial charge in [0.05, 0.1) is 0 Å². The molecule has 1 unspecified atom stereocenters. The molecule has 72 valence electrons. The fourth-order valence-corrected chi connectivity index (χ4v) is 1.96. The molecule has 1 aromatic carbocycles. The lowest BCUT2D eigenvalue weighted by Gasteiger charge is -2.10. The van der Waals surface area contributed by atoms with E-state index in [0.29, 0.717) is 11.7 Å². The predicted octanol–water partition coefficient (Wildman–Crippen LogP) is 3.36. The average Bonchev–Trinajstić information content (AvgIpc) is 2.17. The molecule has 0 saturated heterocycles. The van der Waals surface area contributed by atoms with Gasteiger partial charge in [0.15, 0.2) is 0 Å².